The molecule has 10 atom stereocenters. The van der Waals surface area contributed by atoms with Gasteiger partial charge in [0.2, 0.25) is 0 Å². The van der Waals surface area contributed by atoms with Crippen molar-refractivity contribution in [2.24, 2.45) is 40.9 Å². The van der Waals surface area contributed by atoms with Crippen molar-refractivity contribution in [3.63, 3.8) is 0 Å². The van der Waals surface area contributed by atoms with E-state index in [4.69, 9.17) is 18.9 Å². The Kier molecular flexibility index (Phi) is 4.33. The Morgan fingerprint density at radius 1 is 0.893 bits per heavy atom. The second-order valence-corrected chi connectivity index (χ2v) is 10.7. The molecule has 6 nitrogen and oxygen atoms in total. The average molecular weight is 392 g/mol. The first kappa shape index (κ1) is 18.9. The third kappa shape index (κ3) is 3.17. The van der Waals surface area contributed by atoms with Crippen LogP contribution in [0, 0.1) is 40.9 Å². The highest BCUT2D eigenvalue weighted by Crippen LogP contribution is 2.61. The molecular weight excluding hydrogens is 360 g/mol. The zero-order valence-corrected chi connectivity index (χ0v) is 17.3. The molecule has 0 aromatic heterocycles. The molecule has 2 aliphatic heterocycles. The minimum Gasteiger partial charge on any atom is -0.465 e. The van der Waals surface area contributed by atoms with Crippen LogP contribution in [0.15, 0.2) is 0 Å². The summed E-state index contributed by atoms with van der Waals surface area (Å²) in [5.41, 5.74) is -0.401. The van der Waals surface area contributed by atoms with Crippen LogP contribution in [0.25, 0.3) is 0 Å². The van der Waals surface area contributed by atoms with Crippen molar-refractivity contribution >= 4 is 11.9 Å². The molecule has 0 aromatic rings. The van der Waals surface area contributed by atoms with Gasteiger partial charge >= 0.3 is 11.9 Å². The lowest BCUT2D eigenvalue weighted by atomic mass is 9.80. The topological polar surface area (TPSA) is 77.7 Å². The first-order chi connectivity index (χ1) is 13.2. The molecule has 5 aliphatic rings. The van der Waals surface area contributed by atoms with Crippen molar-refractivity contribution in [1.29, 1.82) is 0 Å². The number of hydrogen-bond donors (Lipinski definition) is 0. The molecule has 3 saturated carbocycles. The van der Waals surface area contributed by atoms with Crippen LogP contribution < -0.4 is 0 Å². The van der Waals surface area contributed by atoms with E-state index in [2.05, 4.69) is 13.8 Å². The van der Waals surface area contributed by atoms with E-state index in [-0.39, 0.29) is 43.1 Å². The second-order valence-electron chi connectivity index (χ2n) is 10.7. The number of esters is 2. The lowest BCUT2D eigenvalue weighted by Gasteiger charge is -2.29. The molecule has 0 aromatic carbocycles. The lowest BCUT2D eigenvalue weighted by molar-refractivity contribution is -0.160. The molecule has 3 aliphatic carbocycles. The van der Waals surface area contributed by atoms with Crippen molar-refractivity contribution in [1.82, 2.24) is 0 Å². The van der Waals surface area contributed by atoms with E-state index in [9.17, 15) is 9.59 Å². The number of rotatable bonds is 6. The Morgan fingerprint density at radius 2 is 1.54 bits per heavy atom. The smallest absolute Gasteiger partial charge is 0.309 e. The molecule has 28 heavy (non-hydrogen) atoms. The van der Waals surface area contributed by atoms with Crippen molar-refractivity contribution < 1.29 is 28.5 Å². The molecule has 2 bridgehead atoms. The fraction of sp³-hybridized carbons (Fsp3) is 0.909. The standard InChI is InChI=1S/C22H32O6/c1-10-5-15-16(27-15)7-12(10)20(23)25-8-22(3,4)9-26-21(24)17-11(2)13-6-14(17)19-18(13)28-19/h10-19H,5-9H2,1-4H3. The molecule has 2 saturated heterocycles. The van der Waals surface area contributed by atoms with E-state index in [1.165, 1.54) is 0 Å². The van der Waals surface area contributed by atoms with Gasteiger partial charge in [0.15, 0.2) is 0 Å². The van der Waals surface area contributed by atoms with E-state index >= 15 is 0 Å². The highest BCUT2D eigenvalue weighted by atomic mass is 16.6. The van der Waals surface area contributed by atoms with E-state index in [1.807, 2.05) is 13.8 Å². The van der Waals surface area contributed by atoms with Crippen LogP contribution in [0.3, 0.4) is 0 Å². The SMILES string of the molecule is CC1CC2OC2CC1C(=O)OCC(C)(C)COC(=O)C1C(C)C2CC1C1OC21. The predicted octanol–water partition coefficient (Wildman–Crippen LogP) is 2.58. The zero-order chi connectivity index (χ0) is 19.8. The summed E-state index contributed by atoms with van der Waals surface area (Å²) in [7, 11) is 0. The summed E-state index contributed by atoms with van der Waals surface area (Å²) < 4.78 is 22.6. The molecule has 10 unspecified atom stereocenters. The molecule has 0 spiro atoms. The van der Waals surface area contributed by atoms with Crippen molar-refractivity contribution in [3.05, 3.63) is 0 Å². The molecule has 5 fully saturated rings. The van der Waals surface area contributed by atoms with Crippen LogP contribution in [0.2, 0.25) is 0 Å². The van der Waals surface area contributed by atoms with Gasteiger partial charge in [-0.15, -0.1) is 0 Å². The summed E-state index contributed by atoms with van der Waals surface area (Å²) in [4.78, 5) is 25.3. The van der Waals surface area contributed by atoms with Crippen LogP contribution in [-0.4, -0.2) is 49.6 Å². The van der Waals surface area contributed by atoms with Crippen LogP contribution in [0.5, 0.6) is 0 Å². The first-order valence-corrected chi connectivity index (χ1v) is 10.9. The number of epoxide rings is 2. The van der Waals surface area contributed by atoms with Crippen molar-refractivity contribution in [2.75, 3.05) is 13.2 Å². The molecule has 156 valence electrons. The Hall–Kier alpha value is -1.14. The highest BCUT2D eigenvalue weighted by Gasteiger charge is 2.68. The second kappa shape index (κ2) is 6.43. The maximum Gasteiger partial charge on any atom is 0.309 e. The number of carbonyl (C=O) groups is 2. The Balaban J connectivity index is 1.09. The number of fused-ring (bicyclic) bond motifs is 6. The minimum absolute atomic E-state index is 0.0401. The van der Waals surface area contributed by atoms with Crippen LogP contribution in [0.4, 0.5) is 0 Å². The Labute approximate surface area is 166 Å². The van der Waals surface area contributed by atoms with E-state index in [0.29, 0.717) is 42.0 Å². The summed E-state index contributed by atoms with van der Waals surface area (Å²) in [6.45, 7) is 8.73. The summed E-state index contributed by atoms with van der Waals surface area (Å²) in [6, 6.07) is 0. The lowest BCUT2D eigenvalue weighted by Crippen LogP contribution is -2.37. The number of hydrogen-bond acceptors (Lipinski definition) is 6. The largest absolute Gasteiger partial charge is 0.465 e. The van der Waals surface area contributed by atoms with E-state index in [1.54, 1.807) is 0 Å². The number of ether oxygens (including phenoxy) is 4. The fourth-order valence-corrected chi connectivity index (χ4v) is 6.03. The van der Waals surface area contributed by atoms with Gasteiger partial charge < -0.3 is 18.9 Å². The molecule has 6 heteroatoms. The van der Waals surface area contributed by atoms with Gasteiger partial charge in [-0.2, -0.15) is 0 Å². The summed E-state index contributed by atoms with van der Waals surface area (Å²) in [5.74, 6) is 1.12. The third-order valence-electron chi connectivity index (χ3n) is 7.90. The predicted molar refractivity (Wildman–Crippen MR) is 99.2 cm³/mol. The summed E-state index contributed by atoms with van der Waals surface area (Å²) in [5, 5.41) is 0. The van der Waals surface area contributed by atoms with Gasteiger partial charge in [0, 0.05) is 11.3 Å². The van der Waals surface area contributed by atoms with Gasteiger partial charge in [-0.3, -0.25) is 9.59 Å². The van der Waals surface area contributed by atoms with Crippen LogP contribution in [0.1, 0.15) is 47.0 Å². The van der Waals surface area contributed by atoms with Gasteiger partial charge in [0.05, 0.1) is 49.5 Å². The van der Waals surface area contributed by atoms with Crippen LogP contribution in [-0.2, 0) is 28.5 Å². The minimum atomic E-state index is -0.401. The molecular formula is C22H32O6. The fourth-order valence-electron chi connectivity index (χ4n) is 6.03. The molecule has 0 radical (unpaired) electrons. The van der Waals surface area contributed by atoms with E-state index in [0.717, 1.165) is 19.3 Å². The maximum atomic E-state index is 12.7. The van der Waals surface area contributed by atoms with Gasteiger partial charge in [-0.25, -0.2) is 0 Å². The molecule has 0 N–H and O–H groups in total. The van der Waals surface area contributed by atoms with Crippen LogP contribution >= 0.6 is 0 Å². The van der Waals surface area contributed by atoms with Crippen molar-refractivity contribution in [2.45, 2.75) is 71.4 Å². The quantitative estimate of drug-likeness (QED) is 0.511. The third-order valence-corrected chi connectivity index (χ3v) is 7.90. The van der Waals surface area contributed by atoms with E-state index < -0.39 is 5.41 Å². The average Bonchev–Trinajstić information content (AvgIpc) is 3.54. The first-order valence-electron chi connectivity index (χ1n) is 10.9. The summed E-state index contributed by atoms with van der Waals surface area (Å²) in [6.07, 6.45) is 4.12. The normalized spacial score (nSPS) is 47.9. The van der Waals surface area contributed by atoms with Gasteiger partial charge in [-0.05, 0) is 37.0 Å². The van der Waals surface area contributed by atoms with Gasteiger partial charge in [0.25, 0.3) is 0 Å². The van der Waals surface area contributed by atoms with Crippen molar-refractivity contribution in [3.8, 4) is 0 Å². The summed E-state index contributed by atoms with van der Waals surface area (Å²) >= 11 is 0. The molecule has 0 amide bonds. The highest BCUT2D eigenvalue weighted by molar-refractivity contribution is 5.74. The Morgan fingerprint density at radius 3 is 2.25 bits per heavy atom. The number of carbonyl (C=O) groups excluding carboxylic acids is 2. The maximum absolute atomic E-state index is 12.7. The van der Waals surface area contributed by atoms with Gasteiger partial charge in [0.1, 0.15) is 0 Å². The monoisotopic (exact) mass is 392 g/mol. The Bertz CT molecular complexity index is 674. The molecule has 2 heterocycles. The molecule has 5 rings (SSSR count). The zero-order valence-electron chi connectivity index (χ0n) is 17.3. The van der Waals surface area contributed by atoms with Gasteiger partial charge in [-0.1, -0.05) is 27.7 Å².